The Morgan fingerprint density at radius 1 is 1.67 bits per heavy atom. The zero-order valence-electron chi connectivity index (χ0n) is 10.3. The van der Waals surface area contributed by atoms with Crippen molar-refractivity contribution < 1.29 is 5.21 Å². The van der Waals surface area contributed by atoms with Crippen LogP contribution in [0.2, 0.25) is 0 Å². The molecular weight excluding hydrogens is 296 g/mol. The van der Waals surface area contributed by atoms with Crippen LogP contribution in [0.4, 0.5) is 5.82 Å². The summed E-state index contributed by atoms with van der Waals surface area (Å²) in [6.45, 7) is 2.73. The second kappa shape index (κ2) is 5.56. The van der Waals surface area contributed by atoms with Crippen LogP contribution < -0.4 is 10.6 Å². The van der Waals surface area contributed by atoms with Crippen molar-refractivity contribution in [2.24, 2.45) is 10.9 Å². The molecule has 3 N–H and O–H groups in total. The Hall–Kier alpha value is -1.30. The molecule has 0 amide bonds. The fourth-order valence-electron chi connectivity index (χ4n) is 1.87. The lowest BCUT2D eigenvalue weighted by molar-refractivity contribution is 0.317. The quantitative estimate of drug-likeness (QED) is 0.378. The molecule has 1 heterocycles. The highest BCUT2D eigenvalue weighted by Crippen LogP contribution is 2.34. The van der Waals surface area contributed by atoms with Gasteiger partial charge in [0.15, 0.2) is 0 Å². The van der Waals surface area contributed by atoms with Crippen molar-refractivity contribution in [2.75, 3.05) is 11.4 Å². The van der Waals surface area contributed by atoms with Gasteiger partial charge in [0.1, 0.15) is 11.7 Å². The maximum absolute atomic E-state index is 8.58. The van der Waals surface area contributed by atoms with E-state index in [4.69, 9.17) is 10.9 Å². The Labute approximate surface area is 115 Å². The van der Waals surface area contributed by atoms with Crippen LogP contribution in [0.25, 0.3) is 0 Å². The standard InChI is InChI=1S/C12H17BrN4O/c1-8-6-10(13)12(15-7-8)17(9-2-3-9)5-4-11(14)16-18/h6-7,9,18H,2-5H2,1H3,(H2,14,16). The number of nitrogens with two attached hydrogens (primary N) is 1. The number of hydrogen-bond acceptors (Lipinski definition) is 4. The average molecular weight is 313 g/mol. The number of oxime groups is 1. The fraction of sp³-hybridized carbons (Fsp3) is 0.500. The van der Waals surface area contributed by atoms with E-state index in [1.807, 2.05) is 13.1 Å². The van der Waals surface area contributed by atoms with E-state index < -0.39 is 0 Å². The van der Waals surface area contributed by atoms with Crippen LogP contribution in [-0.2, 0) is 0 Å². The van der Waals surface area contributed by atoms with E-state index in [-0.39, 0.29) is 5.84 Å². The van der Waals surface area contributed by atoms with Gasteiger partial charge in [-0.3, -0.25) is 0 Å². The van der Waals surface area contributed by atoms with Gasteiger partial charge in [-0.05, 0) is 47.3 Å². The van der Waals surface area contributed by atoms with Crippen LogP contribution in [0.1, 0.15) is 24.8 Å². The molecule has 5 nitrogen and oxygen atoms in total. The molecule has 1 aliphatic carbocycles. The maximum Gasteiger partial charge on any atom is 0.143 e. The second-order valence-electron chi connectivity index (χ2n) is 4.58. The van der Waals surface area contributed by atoms with Gasteiger partial charge in [0.2, 0.25) is 0 Å². The highest BCUT2D eigenvalue weighted by Gasteiger charge is 2.30. The summed E-state index contributed by atoms with van der Waals surface area (Å²) in [4.78, 5) is 6.70. The van der Waals surface area contributed by atoms with Crippen molar-refractivity contribution in [1.29, 1.82) is 0 Å². The minimum atomic E-state index is 0.254. The first kappa shape index (κ1) is 13.1. The van der Waals surface area contributed by atoms with Gasteiger partial charge in [0.05, 0.1) is 4.47 Å². The molecule has 0 aliphatic heterocycles. The third-order valence-corrected chi connectivity index (χ3v) is 3.54. The zero-order chi connectivity index (χ0) is 13.1. The monoisotopic (exact) mass is 312 g/mol. The van der Waals surface area contributed by atoms with Crippen molar-refractivity contribution in [3.63, 3.8) is 0 Å². The van der Waals surface area contributed by atoms with E-state index in [1.54, 1.807) is 0 Å². The molecular formula is C12H17BrN4O. The van der Waals surface area contributed by atoms with Gasteiger partial charge < -0.3 is 15.8 Å². The molecule has 0 radical (unpaired) electrons. The first-order valence-corrected chi connectivity index (χ1v) is 6.76. The topological polar surface area (TPSA) is 74.7 Å². The summed E-state index contributed by atoms with van der Waals surface area (Å²) in [5, 5.41) is 11.6. The van der Waals surface area contributed by atoms with E-state index in [2.05, 4.69) is 37.0 Å². The van der Waals surface area contributed by atoms with Gasteiger partial charge in [0, 0.05) is 25.2 Å². The Balaban J connectivity index is 2.14. The normalized spacial score (nSPS) is 15.8. The smallest absolute Gasteiger partial charge is 0.143 e. The van der Waals surface area contributed by atoms with Crippen LogP contribution in [0.5, 0.6) is 0 Å². The summed E-state index contributed by atoms with van der Waals surface area (Å²) in [5.41, 5.74) is 6.65. The van der Waals surface area contributed by atoms with Gasteiger partial charge in [-0.15, -0.1) is 0 Å². The van der Waals surface area contributed by atoms with Crippen LogP contribution in [-0.4, -0.2) is 28.6 Å². The molecule has 18 heavy (non-hydrogen) atoms. The summed E-state index contributed by atoms with van der Waals surface area (Å²) < 4.78 is 0.994. The molecule has 1 aromatic heterocycles. The first-order chi connectivity index (χ1) is 8.61. The van der Waals surface area contributed by atoms with Crippen molar-refractivity contribution >= 4 is 27.6 Å². The molecule has 1 saturated carbocycles. The first-order valence-electron chi connectivity index (χ1n) is 5.97. The van der Waals surface area contributed by atoms with Crippen molar-refractivity contribution in [3.8, 4) is 0 Å². The van der Waals surface area contributed by atoms with Crippen molar-refractivity contribution in [3.05, 3.63) is 22.3 Å². The van der Waals surface area contributed by atoms with Crippen LogP contribution in [0, 0.1) is 6.92 Å². The third kappa shape index (κ3) is 3.13. The molecule has 1 aromatic rings. The summed E-state index contributed by atoms with van der Waals surface area (Å²) >= 11 is 3.55. The van der Waals surface area contributed by atoms with Gasteiger partial charge in [-0.2, -0.15) is 0 Å². The number of pyridine rings is 1. The Morgan fingerprint density at radius 3 is 2.94 bits per heavy atom. The van der Waals surface area contributed by atoms with E-state index >= 15 is 0 Å². The average Bonchev–Trinajstić information content (AvgIpc) is 3.15. The molecule has 0 spiro atoms. The van der Waals surface area contributed by atoms with Crippen LogP contribution >= 0.6 is 15.9 Å². The molecule has 0 aromatic carbocycles. The minimum Gasteiger partial charge on any atom is -0.409 e. The van der Waals surface area contributed by atoms with Gasteiger partial charge in [-0.1, -0.05) is 5.16 Å². The number of anilines is 1. The van der Waals surface area contributed by atoms with E-state index in [0.29, 0.717) is 12.5 Å². The highest BCUT2D eigenvalue weighted by atomic mass is 79.9. The highest BCUT2D eigenvalue weighted by molar-refractivity contribution is 9.10. The molecule has 0 unspecified atom stereocenters. The molecule has 6 heteroatoms. The SMILES string of the molecule is Cc1cnc(N(CCC(N)=NO)C2CC2)c(Br)c1. The number of aromatic nitrogens is 1. The van der Waals surface area contributed by atoms with Gasteiger partial charge in [-0.25, -0.2) is 4.98 Å². The molecule has 98 valence electrons. The largest absolute Gasteiger partial charge is 0.409 e. The second-order valence-corrected chi connectivity index (χ2v) is 5.44. The Morgan fingerprint density at radius 2 is 2.39 bits per heavy atom. The zero-order valence-corrected chi connectivity index (χ0v) is 11.9. The fourth-order valence-corrected chi connectivity index (χ4v) is 2.56. The summed E-state index contributed by atoms with van der Waals surface area (Å²) in [6.07, 6.45) is 4.75. The number of nitrogens with zero attached hydrogens (tertiary/aromatic N) is 3. The van der Waals surface area contributed by atoms with Crippen molar-refractivity contribution in [2.45, 2.75) is 32.2 Å². The number of aryl methyl sites for hydroxylation is 1. The number of amidine groups is 1. The number of halogens is 1. The number of rotatable bonds is 5. The molecule has 0 saturated heterocycles. The lowest BCUT2D eigenvalue weighted by Gasteiger charge is -2.24. The van der Waals surface area contributed by atoms with Crippen LogP contribution in [0.15, 0.2) is 21.9 Å². The van der Waals surface area contributed by atoms with Gasteiger partial charge in [0.25, 0.3) is 0 Å². The van der Waals surface area contributed by atoms with E-state index in [0.717, 1.165) is 22.4 Å². The van der Waals surface area contributed by atoms with E-state index in [1.165, 1.54) is 12.8 Å². The molecule has 0 bridgehead atoms. The van der Waals surface area contributed by atoms with Crippen LogP contribution in [0.3, 0.4) is 0 Å². The maximum atomic E-state index is 8.58. The third-order valence-electron chi connectivity index (χ3n) is 2.96. The molecule has 0 atom stereocenters. The van der Waals surface area contributed by atoms with E-state index in [9.17, 15) is 0 Å². The molecule has 2 rings (SSSR count). The Kier molecular flexibility index (Phi) is 4.06. The minimum absolute atomic E-state index is 0.254. The summed E-state index contributed by atoms with van der Waals surface area (Å²) in [5.74, 6) is 1.19. The molecule has 1 fully saturated rings. The predicted octanol–water partition coefficient (Wildman–Crippen LogP) is 2.26. The predicted molar refractivity (Wildman–Crippen MR) is 75.1 cm³/mol. The Bertz CT molecular complexity index is 459. The van der Waals surface area contributed by atoms with Crippen molar-refractivity contribution in [1.82, 2.24) is 4.98 Å². The lowest BCUT2D eigenvalue weighted by Crippen LogP contribution is -2.31. The lowest BCUT2D eigenvalue weighted by atomic mass is 10.3. The summed E-state index contributed by atoms with van der Waals surface area (Å²) in [7, 11) is 0. The summed E-state index contributed by atoms with van der Waals surface area (Å²) in [6, 6.07) is 2.59. The number of hydrogen-bond donors (Lipinski definition) is 2. The van der Waals surface area contributed by atoms with Gasteiger partial charge >= 0.3 is 0 Å². The molecule has 1 aliphatic rings.